The highest BCUT2D eigenvalue weighted by Crippen LogP contribution is 2.30. The largest absolute Gasteiger partial charge is 0.480 e. The number of nitrogens with zero attached hydrogens (tertiary/aromatic N) is 4. The van der Waals surface area contributed by atoms with Crippen molar-refractivity contribution in [1.29, 1.82) is 0 Å². The number of nitrogens with one attached hydrogen (secondary N) is 3. The number of pyridine rings is 1. The van der Waals surface area contributed by atoms with Gasteiger partial charge in [-0.25, -0.2) is 19.6 Å². The van der Waals surface area contributed by atoms with Gasteiger partial charge in [-0.05, 0) is 57.5 Å². The Morgan fingerprint density at radius 3 is 2.84 bits per heavy atom. The van der Waals surface area contributed by atoms with Crippen molar-refractivity contribution in [2.24, 2.45) is 0 Å². The second-order valence-corrected chi connectivity index (χ2v) is 11.2. The molecule has 44 heavy (non-hydrogen) atoms. The molecule has 1 aromatic carbocycles. The number of carbonyl (C=O) groups excluding carboxylic acids is 3. The van der Waals surface area contributed by atoms with Crippen LogP contribution in [0.15, 0.2) is 48.8 Å². The van der Waals surface area contributed by atoms with Crippen LogP contribution < -0.4 is 30.3 Å². The predicted octanol–water partition coefficient (Wildman–Crippen LogP) is 3.28. The quantitative estimate of drug-likeness (QED) is 0.275. The Morgan fingerprint density at radius 2 is 2.00 bits per heavy atom. The van der Waals surface area contributed by atoms with Crippen LogP contribution in [0.3, 0.4) is 0 Å². The molecule has 232 valence electrons. The highest BCUT2D eigenvalue weighted by atomic mass is 16.6. The van der Waals surface area contributed by atoms with Crippen LogP contribution in [-0.2, 0) is 20.8 Å². The standard InChI is InChI=1S/C30H35N7O7/c1-30(2,3)44-28(39)33-11-12-41-26-16-32-15-22(34-26)20-6-4-5-19(13-20)14-31-10-9-21-17-37(29(40)43-21)24-8-7-23-27(35-24)36-25(38)18-42-23/h4-8,13,15-16,21,31H,9-12,14,17-18H2,1-3H3,(H,33,39)(H,35,36,38). The van der Waals surface area contributed by atoms with E-state index in [4.69, 9.17) is 18.9 Å². The van der Waals surface area contributed by atoms with Crippen molar-refractivity contribution in [1.82, 2.24) is 25.6 Å². The molecule has 14 nitrogen and oxygen atoms in total. The van der Waals surface area contributed by atoms with Crippen molar-refractivity contribution < 1.29 is 33.3 Å². The minimum atomic E-state index is -0.568. The summed E-state index contributed by atoms with van der Waals surface area (Å²) in [5, 5.41) is 8.69. The van der Waals surface area contributed by atoms with Crippen LogP contribution in [0.25, 0.3) is 11.3 Å². The van der Waals surface area contributed by atoms with E-state index in [1.807, 2.05) is 24.3 Å². The summed E-state index contributed by atoms with van der Waals surface area (Å²) < 4.78 is 21.7. The van der Waals surface area contributed by atoms with Gasteiger partial charge in [0.15, 0.2) is 18.2 Å². The summed E-state index contributed by atoms with van der Waals surface area (Å²) >= 11 is 0. The van der Waals surface area contributed by atoms with Crippen LogP contribution in [0.4, 0.5) is 21.2 Å². The first-order chi connectivity index (χ1) is 21.1. The third-order valence-corrected chi connectivity index (χ3v) is 6.44. The number of benzene rings is 1. The number of rotatable bonds is 11. The van der Waals surface area contributed by atoms with Crippen molar-refractivity contribution in [2.45, 2.75) is 45.4 Å². The molecule has 1 fully saturated rings. The number of hydrogen-bond acceptors (Lipinski definition) is 11. The van der Waals surface area contributed by atoms with E-state index in [0.29, 0.717) is 49.2 Å². The van der Waals surface area contributed by atoms with E-state index in [1.165, 1.54) is 11.1 Å². The fourth-order valence-electron chi connectivity index (χ4n) is 4.48. The van der Waals surface area contributed by atoms with Crippen LogP contribution in [0, 0.1) is 0 Å². The maximum atomic E-state index is 12.5. The average molecular weight is 606 g/mol. The van der Waals surface area contributed by atoms with E-state index in [9.17, 15) is 14.4 Å². The summed E-state index contributed by atoms with van der Waals surface area (Å²) in [6, 6.07) is 11.3. The van der Waals surface area contributed by atoms with Crippen molar-refractivity contribution in [3.05, 3.63) is 54.4 Å². The van der Waals surface area contributed by atoms with Crippen molar-refractivity contribution in [3.8, 4) is 22.9 Å². The van der Waals surface area contributed by atoms with Crippen LogP contribution in [-0.4, -0.2) is 77.6 Å². The molecule has 0 radical (unpaired) electrons. The van der Waals surface area contributed by atoms with Gasteiger partial charge in [0.2, 0.25) is 5.88 Å². The van der Waals surface area contributed by atoms with E-state index >= 15 is 0 Å². The first-order valence-corrected chi connectivity index (χ1v) is 14.3. The lowest BCUT2D eigenvalue weighted by molar-refractivity contribution is -0.118. The van der Waals surface area contributed by atoms with Crippen molar-refractivity contribution >= 4 is 29.7 Å². The summed E-state index contributed by atoms with van der Waals surface area (Å²) in [6.07, 6.45) is 2.50. The molecule has 0 aliphatic carbocycles. The van der Waals surface area contributed by atoms with Gasteiger partial charge in [0.25, 0.3) is 5.91 Å². The van der Waals surface area contributed by atoms with Crippen LogP contribution in [0.5, 0.6) is 11.6 Å². The lowest BCUT2D eigenvalue weighted by Crippen LogP contribution is -2.34. The Hall–Kier alpha value is -4.98. The van der Waals surface area contributed by atoms with E-state index in [2.05, 4.69) is 30.9 Å². The minimum Gasteiger partial charge on any atom is -0.480 e. The number of amides is 3. The van der Waals surface area contributed by atoms with E-state index in [0.717, 1.165) is 11.1 Å². The predicted molar refractivity (Wildman–Crippen MR) is 160 cm³/mol. The molecule has 4 heterocycles. The normalized spacial score (nSPS) is 16.0. The zero-order chi connectivity index (χ0) is 31.1. The van der Waals surface area contributed by atoms with Gasteiger partial charge in [0.1, 0.15) is 24.1 Å². The van der Waals surface area contributed by atoms with Crippen LogP contribution in [0.2, 0.25) is 0 Å². The first-order valence-electron chi connectivity index (χ1n) is 14.3. The smallest absolute Gasteiger partial charge is 0.415 e. The Bertz CT molecular complexity index is 1510. The van der Waals surface area contributed by atoms with E-state index in [-0.39, 0.29) is 37.6 Å². The molecule has 3 N–H and O–H groups in total. The van der Waals surface area contributed by atoms with Gasteiger partial charge in [0.05, 0.1) is 31.2 Å². The molecule has 5 rings (SSSR count). The second-order valence-electron chi connectivity index (χ2n) is 11.2. The highest BCUT2D eigenvalue weighted by Gasteiger charge is 2.33. The van der Waals surface area contributed by atoms with Gasteiger partial charge >= 0.3 is 12.2 Å². The average Bonchev–Trinajstić information content (AvgIpc) is 3.36. The number of cyclic esters (lactones) is 1. The molecular formula is C30H35N7O7. The fourth-order valence-corrected chi connectivity index (χ4v) is 4.48. The summed E-state index contributed by atoms with van der Waals surface area (Å²) in [5.41, 5.74) is 2.02. The lowest BCUT2D eigenvalue weighted by atomic mass is 10.1. The maximum Gasteiger partial charge on any atom is 0.415 e. The molecule has 3 amide bonds. The topological polar surface area (TPSA) is 166 Å². The van der Waals surface area contributed by atoms with Crippen LogP contribution >= 0.6 is 0 Å². The molecule has 1 unspecified atom stereocenters. The van der Waals surface area contributed by atoms with Gasteiger partial charge in [-0.15, -0.1) is 0 Å². The molecule has 0 bridgehead atoms. The van der Waals surface area contributed by atoms with E-state index < -0.39 is 17.8 Å². The number of fused-ring (bicyclic) bond motifs is 1. The number of hydrogen-bond donors (Lipinski definition) is 3. The molecule has 14 heteroatoms. The minimum absolute atomic E-state index is 0.0621. The Labute approximate surface area is 254 Å². The molecule has 1 saturated heterocycles. The summed E-state index contributed by atoms with van der Waals surface area (Å²) in [4.78, 5) is 50.5. The lowest BCUT2D eigenvalue weighted by Gasteiger charge is -2.19. The third-order valence-electron chi connectivity index (χ3n) is 6.44. The Balaban J connectivity index is 1.06. The maximum absolute atomic E-state index is 12.5. The van der Waals surface area contributed by atoms with Gasteiger partial charge in [-0.2, -0.15) is 0 Å². The van der Waals surface area contributed by atoms with Crippen molar-refractivity contribution in [2.75, 3.05) is 43.1 Å². The molecule has 1 atom stereocenters. The zero-order valence-corrected chi connectivity index (χ0v) is 24.8. The Kier molecular flexibility index (Phi) is 9.38. The summed E-state index contributed by atoms with van der Waals surface area (Å²) in [6.45, 7) is 7.39. The van der Waals surface area contributed by atoms with Gasteiger partial charge in [0, 0.05) is 12.1 Å². The number of anilines is 2. The molecule has 2 aromatic heterocycles. The fraction of sp³-hybridized carbons (Fsp3) is 0.400. The highest BCUT2D eigenvalue weighted by molar-refractivity contribution is 5.95. The van der Waals surface area contributed by atoms with Crippen molar-refractivity contribution in [3.63, 3.8) is 0 Å². The third kappa shape index (κ3) is 8.31. The summed E-state index contributed by atoms with van der Waals surface area (Å²) in [7, 11) is 0. The van der Waals surface area contributed by atoms with Gasteiger partial charge < -0.3 is 34.9 Å². The number of alkyl carbamates (subject to hydrolysis) is 1. The summed E-state index contributed by atoms with van der Waals surface area (Å²) in [5.74, 6) is 1.19. The molecule has 2 aliphatic rings. The number of aromatic nitrogens is 3. The molecule has 2 aliphatic heterocycles. The van der Waals surface area contributed by atoms with E-state index in [1.54, 1.807) is 39.1 Å². The SMILES string of the molecule is CC(C)(C)OC(=O)NCCOc1cncc(-c2cccc(CNCCC3CN(c4ccc5c(n4)NC(=O)CO5)C(=O)O3)c2)n1. The second kappa shape index (κ2) is 13.5. The van der Waals surface area contributed by atoms with Gasteiger partial charge in [-0.3, -0.25) is 14.7 Å². The zero-order valence-electron chi connectivity index (χ0n) is 24.8. The molecule has 3 aromatic rings. The number of carbonyl (C=O) groups is 3. The Morgan fingerprint density at radius 1 is 1.14 bits per heavy atom. The van der Waals surface area contributed by atoms with Crippen LogP contribution in [0.1, 0.15) is 32.8 Å². The molecular weight excluding hydrogens is 570 g/mol. The molecule has 0 spiro atoms. The monoisotopic (exact) mass is 605 g/mol. The molecule has 0 saturated carbocycles. The first kappa shape index (κ1) is 30.5. The van der Waals surface area contributed by atoms with Gasteiger partial charge in [-0.1, -0.05) is 18.2 Å². The number of ether oxygens (including phenoxy) is 4.